The number of halogens is 4. The van der Waals surface area contributed by atoms with Crippen LogP contribution in [0.3, 0.4) is 0 Å². The molecule has 0 saturated heterocycles. The third-order valence-electron chi connectivity index (χ3n) is 3.37. The Morgan fingerprint density at radius 2 is 1.96 bits per heavy atom. The first-order valence-corrected chi connectivity index (χ1v) is 6.83. The van der Waals surface area contributed by atoms with Crippen molar-refractivity contribution >= 4 is 0 Å². The molecule has 0 unspecified atom stereocenters. The van der Waals surface area contributed by atoms with Gasteiger partial charge in [0.15, 0.2) is 17.3 Å². The van der Waals surface area contributed by atoms with Crippen LogP contribution < -0.4 is 4.74 Å². The minimum atomic E-state index is -4.62. The monoisotopic (exact) mass is 332 g/mol. The summed E-state index contributed by atoms with van der Waals surface area (Å²) in [5.41, 5.74) is -1.01. The van der Waals surface area contributed by atoms with Crippen molar-refractivity contribution in [1.82, 2.24) is 9.55 Å². The van der Waals surface area contributed by atoms with Gasteiger partial charge in [0.25, 0.3) is 0 Å². The van der Waals surface area contributed by atoms with Crippen molar-refractivity contribution in [2.24, 2.45) is 0 Å². The fourth-order valence-electron chi connectivity index (χ4n) is 2.24. The molecule has 0 aliphatic rings. The maximum Gasteiger partial charge on any atom is 0.434 e. The topological polar surface area (TPSA) is 47.3 Å². The Kier molecular flexibility index (Phi) is 4.65. The SMILES string of the molecule is COc1c(CO)ccc(-c2nc(C(F)(F)F)cn2C(C)C)c1F. The lowest BCUT2D eigenvalue weighted by atomic mass is 10.1. The zero-order valence-electron chi connectivity index (χ0n) is 12.8. The molecule has 0 spiro atoms. The summed E-state index contributed by atoms with van der Waals surface area (Å²) in [4.78, 5) is 3.54. The van der Waals surface area contributed by atoms with E-state index in [2.05, 4.69) is 4.98 Å². The molecule has 0 radical (unpaired) electrons. The third-order valence-corrected chi connectivity index (χ3v) is 3.37. The molecule has 0 aliphatic carbocycles. The Hall–Kier alpha value is -2.09. The van der Waals surface area contributed by atoms with Crippen molar-refractivity contribution in [3.05, 3.63) is 35.4 Å². The van der Waals surface area contributed by atoms with Crippen LogP contribution in [0.2, 0.25) is 0 Å². The summed E-state index contributed by atoms with van der Waals surface area (Å²) in [6.07, 6.45) is -3.77. The van der Waals surface area contributed by atoms with E-state index >= 15 is 0 Å². The van der Waals surface area contributed by atoms with Gasteiger partial charge in [0.05, 0.1) is 19.3 Å². The van der Waals surface area contributed by atoms with Gasteiger partial charge in [-0.2, -0.15) is 13.2 Å². The molecule has 1 aromatic heterocycles. The van der Waals surface area contributed by atoms with Crippen LogP contribution in [-0.2, 0) is 12.8 Å². The summed E-state index contributed by atoms with van der Waals surface area (Å²) in [6.45, 7) is 2.89. The minimum absolute atomic E-state index is 0.122. The summed E-state index contributed by atoms with van der Waals surface area (Å²) in [7, 11) is 1.22. The van der Waals surface area contributed by atoms with Crippen LogP contribution in [0.1, 0.15) is 31.1 Å². The van der Waals surface area contributed by atoms with Crippen molar-refractivity contribution in [3.63, 3.8) is 0 Å². The van der Waals surface area contributed by atoms with E-state index in [1.54, 1.807) is 13.8 Å². The fraction of sp³-hybridized carbons (Fsp3) is 0.400. The first kappa shape index (κ1) is 17.3. The number of hydrogen-bond donors (Lipinski definition) is 1. The first-order chi connectivity index (χ1) is 10.7. The summed E-state index contributed by atoms with van der Waals surface area (Å²) < 4.78 is 59.4. The lowest BCUT2D eigenvalue weighted by Crippen LogP contribution is -2.05. The summed E-state index contributed by atoms with van der Waals surface area (Å²) in [5.74, 6) is -1.22. The number of nitrogens with zero attached hydrogens (tertiary/aromatic N) is 2. The van der Waals surface area contributed by atoms with Gasteiger partial charge in [0, 0.05) is 17.8 Å². The van der Waals surface area contributed by atoms with Crippen LogP contribution in [-0.4, -0.2) is 21.8 Å². The van der Waals surface area contributed by atoms with E-state index in [4.69, 9.17) is 4.74 Å². The molecule has 0 fully saturated rings. The fourth-order valence-corrected chi connectivity index (χ4v) is 2.24. The molecular weight excluding hydrogens is 316 g/mol. The average Bonchev–Trinajstić information content (AvgIpc) is 2.92. The van der Waals surface area contributed by atoms with Gasteiger partial charge in [-0.25, -0.2) is 9.37 Å². The molecule has 0 aliphatic heterocycles. The number of alkyl halides is 3. The van der Waals surface area contributed by atoms with Crippen LogP contribution in [0.5, 0.6) is 5.75 Å². The van der Waals surface area contributed by atoms with Crippen LogP contribution in [0.15, 0.2) is 18.3 Å². The van der Waals surface area contributed by atoms with E-state index in [0.29, 0.717) is 0 Å². The highest BCUT2D eigenvalue weighted by Crippen LogP contribution is 2.36. The largest absolute Gasteiger partial charge is 0.493 e. The Morgan fingerprint density at radius 3 is 2.43 bits per heavy atom. The van der Waals surface area contributed by atoms with Crippen LogP contribution in [0.25, 0.3) is 11.4 Å². The van der Waals surface area contributed by atoms with E-state index in [1.807, 2.05) is 0 Å². The van der Waals surface area contributed by atoms with Crippen molar-refractivity contribution < 1.29 is 27.4 Å². The number of rotatable bonds is 4. The zero-order chi connectivity index (χ0) is 17.4. The zero-order valence-corrected chi connectivity index (χ0v) is 12.8. The molecule has 0 amide bonds. The van der Waals surface area contributed by atoms with Gasteiger partial charge in [0.2, 0.25) is 0 Å². The molecule has 1 aromatic carbocycles. The molecule has 0 atom stereocenters. The molecule has 1 heterocycles. The second-order valence-corrected chi connectivity index (χ2v) is 5.23. The van der Waals surface area contributed by atoms with Crippen LogP contribution in [0, 0.1) is 5.82 Å². The maximum atomic E-state index is 14.6. The minimum Gasteiger partial charge on any atom is -0.493 e. The highest BCUT2D eigenvalue weighted by molar-refractivity contribution is 5.62. The molecule has 4 nitrogen and oxygen atoms in total. The quantitative estimate of drug-likeness (QED) is 0.867. The van der Waals surface area contributed by atoms with E-state index in [0.717, 1.165) is 6.20 Å². The number of methoxy groups -OCH3 is 1. The van der Waals surface area contributed by atoms with Crippen molar-refractivity contribution in [2.75, 3.05) is 7.11 Å². The average molecular weight is 332 g/mol. The van der Waals surface area contributed by atoms with E-state index in [-0.39, 0.29) is 28.7 Å². The van der Waals surface area contributed by atoms with Crippen molar-refractivity contribution in [1.29, 1.82) is 0 Å². The Balaban J connectivity index is 2.69. The maximum absolute atomic E-state index is 14.6. The number of imidazole rings is 1. The first-order valence-electron chi connectivity index (χ1n) is 6.83. The predicted molar refractivity (Wildman–Crippen MR) is 75.5 cm³/mol. The molecular formula is C15H16F4N2O2. The Bertz CT molecular complexity index is 708. The second-order valence-electron chi connectivity index (χ2n) is 5.23. The van der Waals surface area contributed by atoms with Gasteiger partial charge in [-0.3, -0.25) is 0 Å². The smallest absolute Gasteiger partial charge is 0.434 e. The van der Waals surface area contributed by atoms with Crippen molar-refractivity contribution in [3.8, 4) is 17.1 Å². The van der Waals surface area contributed by atoms with E-state index < -0.39 is 24.3 Å². The number of aliphatic hydroxyl groups excluding tert-OH is 1. The molecule has 2 rings (SSSR count). The van der Waals surface area contributed by atoms with E-state index in [1.165, 1.54) is 23.8 Å². The molecule has 1 N–H and O–H groups in total. The van der Waals surface area contributed by atoms with Crippen molar-refractivity contribution in [2.45, 2.75) is 32.7 Å². The number of ether oxygens (including phenoxy) is 1. The molecule has 0 bridgehead atoms. The normalized spacial score (nSPS) is 12.0. The molecule has 23 heavy (non-hydrogen) atoms. The summed E-state index contributed by atoms with van der Waals surface area (Å²) in [6, 6.07) is 2.32. The third kappa shape index (κ3) is 3.17. The predicted octanol–water partition coefficient (Wildman–Crippen LogP) is 3.79. The van der Waals surface area contributed by atoms with Gasteiger partial charge >= 0.3 is 6.18 Å². The van der Waals surface area contributed by atoms with Crippen LogP contribution >= 0.6 is 0 Å². The molecule has 8 heteroatoms. The lowest BCUT2D eigenvalue weighted by molar-refractivity contribution is -0.140. The highest BCUT2D eigenvalue weighted by atomic mass is 19.4. The van der Waals surface area contributed by atoms with Gasteiger partial charge < -0.3 is 14.4 Å². The van der Waals surface area contributed by atoms with Gasteiger partial charge in [0.1, 0.15) is 5.82 Å². The van der Waals surface area contributed by atoms with Crippen LogP contribution in [0.4, 0.5) is 17.6 Å². The number of hydrogen-bond acceptors (Lipinski definition) is 3. The summed E-state index contributed by atoms with van der Waals surface area (Å²) >= 11 is 0. The summed E-state index contributed by atoms with van der Waals surface area (Å²) in [5, 5.41) is 9.17. The second kappa shape index (κ2) is 6.19. The van der Waals surface area contributed by atoms with Gasteiger partial charge in [-0.1, -0.05) is 6.07 Å². The standard InChI is InChI=1S/C15H16F4N2O2/c1-8(2)21-6-11(15(17,18)19)20-14(21)10-5-4-9(7-22)13(23-3)12(10)16/h4-6,8,22H,7H2,1-3H3. The molecule has 2 aromatic rings. The van der Waals surface area contributed by atoms with Gasteiger partial charge in [-0.05, 0) is 19.9 Å². The van der Waals surface area contributed by atoms with Gasteiger partial charge in [-0.15, -0.1) is 0 Å². The number of aliphatic hydroxyl groups is 1. The van der Waals surface area contributed by atoms with E-state index in [9.17, 15) is 22.7 Å². The molecule has 126 valence electrons. The number of benzene rings is 1. The highest BCUT2D eigenvalue weighted by Gasteiger charge is 2.35. The Morgan fingerprint density at radius 1 is 1.30 bits per heavy atom. The Labute approximate surface area is 130 Å². The number of aromatic nitrogens is 2. The molecule has 0 saturated carbocycles. The lowest BCUT2D eigenvalue weighted by Gasteiger charge is -2.14.